The van der Waals surface area contributed by atoms with E-state index in [1.54, 1.807) is 12.1 Å². The van der Waals surface area contributed by atoms with Gasteiger partial charge in [0.15, 0.2) is 0 Å². The summed E-state index contributed by atoms with van der Waals surface area (Å²) < 4.78 is 0. The third-order valence-electron chi connectivity index (χ3n) is 3.55. The average molecular weight is 273 g/mol. The first kappa shape index (κ1) is 14.4. The fourth-order valence-electron chi connectivity index (χ4n) is 2.44. The van der Waals surface area contributed by atoms with Crippen LogP contribution in [0.1, 0.15) is 43.0 Å². The van der Waals surface area contributed by atoms with Gasteiger partial charge in [0.1, 0.15) is 0 Å². The Balaban J connectivity index is 1.95. The van der Waals surface area contributed by atoms with Crippen LogP contribution in [-0.4, -0.2) is 19.0 Å². The molecule has 2 rings (SSSR count). The van der Waals surface area contributed by atoms with Crippen molar-refractivity contribution in [2.75, 3.05) is 24.1 Å². The van der Waals surface area contributed by atoms with Crippen molar-refractivity contribution in [3.8, 4) is 0 Å². The Morgan fingerprint density at radius 1 is 1.40 bits per heavy atom. The number of hydrogen-bond donors (Lipinski definition) is 3. The number of amides is 1. The molecule has 1 aromatic carbocycles. The normalized spacial score (nSPS) is 13.9. The van der Waals surface area contributed by atoms with Gasteiger partial charge in [-0.1, -0.05) is 11.6 Å². The summed E-state index contributed by atoms with van der Waals surface area (Å²) in [5.41, 5.74) is 9.63. The summed E-state index contributed by atoms with van der Waals surface area (Å²) in [4.78, 5) is 11.8. The maximum atomic E-state index is 11.8. The summed E-state index contributed by atoms with van der Waals surface area (Å²) >= 11 is 0. The van der Waals surface area contributed by atoms with Gasteiger partial charge in [-0.05, 0) is 50.8 Å². The molecule has 1 aromatic rings. The van der Waals surface area contributed by atoms with Gasteiger partial charge in [0.25, 0.3) is 5.91 Å². The van der Waals surface area contributed by atoms with E-state index in [-0.39, 0.29) is 5.91 Å². The Hall–Kier alpha value is -1.97. The molecule has 0 atom stereocenters. The maximum absolute atomic E-state index is 11.8. The molecule has 0 unspecified atom stereocenters. The Bertz CT molecular complexity index is 508. The van der Waals surface area contributed by atoms with E-state index in [0.717, 1.165) is 18.7 Å². The van der Waals surface area contributed by atoms with Crippen LogP contribution >= 0.6 is 0 Å². The van der Waals surface area contributed by atoms with Crippen molar-refractivity contribution >= 4 is 17.3 Å². The molecule has 0 radical (unpaired) electrons. The molecule has 0 saturated heterocycles. The molecule has 1 aliphatic rings. The molecule has 0 spiro atoms. The zero-order valence-electron chi connectivity index (χ0n) is 12.0. The average Bonchev–Trinajstić information content (AvgIpc) is 2.94. The summed E-state index contributed by atoms with van der Waals surface area (Å²) in [6.07, 6.45) is 7.09. The van der Waals surface area contributed by atoms with Crippen LogP contribution in [0.2, 0.25) is 0 Å². The minimum atomic E-state index is -0.0611. The zero-order valence-corrected chi connectivity index (χ0v) is 12.0. The third-order valence-corrected chi connectivity index (χ3v) is 3.55. The molecule has 0 fully saturated rings. The summed E-state index contributed by atoms with van der Waals surface area (Å²) in [5.74, 6) is -0.0611. The lowest BCUT2D eigenvalue weighted by molar-refractivity contribution is 0.0956. The standard InChI is InChI=1S/C16H23N3O/c1-2-18-16(20)13-7-8-14(17)15(11-13)19-10-9-12-5-3-4-6-12/h5,7-8,11,19H,2-4,6,9-10,17H2,1H3,(H,18,20). The number of allylic oxidation sites excluding steroid dienone is 1. The van der Waals surface area contributed by atoms with Gasteiger partial charge < -0.3 is 16.4 Å². The predicted octanol–water partition coefficient (Wildman–Crippen LogP) is 2.93. The Kier molecular flexibility index (Phi) is 5.04. The van der Waals surface area contributed by atoms with Crippen LogP contribution in [0, 0.1) is 0 Å². The van der Waals surface area contributed by atoms with Crippen LogP contribution in [-0.2, 0) is 0 Å². The minimum Gasteiger partial charge on any atom is -0.397 e. The van der Waals surface area contributed by atoms with E-state index in [4.69, 9.17) is 5.73 Å². The lowest BCUT2D eigenvalue weighted by atomic mass is 10.1. The molecular formula is C16H23N3O. The van der Waals surface area contributed by atoms with Gasteiger partial charge in [-0.15, -0.1) is 0 Å². The number of hydrogen-bond acceptors (Lipinski definition) is 3. The second kappa shape index (κ2) is 6.98. The number of carbonyl (C=O) groups excluding carboxylic acids is 1. The molecule has 1 aliphatic carbocycles. The van der Waals surface area contributed by atoms with Crippen LogP contribution in [0.15, 0.2) is 29.8 Å². The maximum Gasteiger partial charge on any atom is 0.251 e. The van der Waals surface area contributed by atoms with Gasteiger partial charge in [0.05, 0.1) is 11.4 Å². The zero-order chi connectivity index (χ0) is 14.4. The van der Waals surface area contributed by atoms with Gasteiger partial charge in [0, 0.05) is 18.7 Å². The third kappa shape index (κ3) is 3.76. The van der Waals surface area contributed by atoms with Gasteiger partial charge in [0.2, 0.25) is 0 Å². The molecule has 1 amide bonds. The lowest BCUT2D eigenvalue weighted by Crippen LogP contribution is -2.22. The monoisotopic (exact) mass is 273 g/mol. The van der Waals surface area contributed by atoms with Crippen LogP contribution in [0.25, 0.3) is 0 Å². The van der Waals surface area contributed by atoms with E-state index in [2.05, 4.69) is 16.7 Å². The molecule has 4 heteroatoms. The van der Waals surface area contributed by atoms with Crippen molar-refractivity contribution in [3.05, 3.63) is 35.4 Å². The van der Waals surface area contributed by atoms with E-state index >= 15 is 0 Å². The second-order valence-electron chi connectivity index (χ2n) is 5.09. The number of benzene rings is 1. The molecule has 0 bridgehead atoms. The number of nitrogens with one attached hydrogen (secondary N) is 2. The van der Waals surface area contributed by atoms with Gasteiger partial charge in [-0.3, -0.25) is 4.79 Å². The largest absolute Gasteiger partial charge is 0.397 e. The molecule has 4 N–H and O–H groups in total. The minimum absolute atomic E-state index is 0.0611. The van der Waals surface area contributed by atoms with E-state index in [0.29, 0.717) is 17.8 Å². The van der Waals surface area contributed by atoms with Crippen LogP contribution in [0.4, 0.5) is 11.4 Å². The highest BCUT2D eigenvalue weighted by molar-refractivity contribution is 5.96. The number of nitrogen functional groups attached to an aromatic ring is 1. The Morgan fingerprint density at radius 3 is 2.95 bits per heavy atom. The topological polar surface area (TPSA) is 67.2 Å². The van der Waals surface area contributed by atoms with Crippen LogP contribution < -0.4 is 16.4 Å². The summed E-state index contributed by atoms with van der Waals surface area (Å²) in [5, 5.41) is 6.12. The van der Waals surface area contributed by atoms with Gasteiger partial charge in [-0.2, -0.15) is 0 Å². The van der Waals surface area contributed by atoms with Crippen molar-refractivity contribution in [2.24, 2.45) is 0 Å². The highest BCUT2D eigenvalue weighted by Crippen LogP contribution is 2.23. The molecule has 4 nitrogen and oxygen atoms in total. The second-order valence-corrected chi connectivity index (χ2v) is 5.09. The highest BCUT2D eigenvalue weighted by Gasteiger charge is 2.08. The molecule has 0 saturated carbocycles. The van der Waals surface area contributed by atoms with Crippen molar-refractivity contribution < 1.29 is 4.79 Å². The molecular weight excluding hydrogens is 250 g/mol. The SMILES string of the molecule is CCNC(=O)c1ccc(N)c(NCCC2=CCCC2)c1. The van der Waals surface area contributed by atoms with E-state index < -0.39 is 0 Å². The number of carbonyl (C=O) groups is 1. The summed E-state index contributed by atoms with van der Waals surface area (Å²) in [6.45, 7) is 3.39. The number of nitrogens with two attached hydrogens (primary N) is 1. The van der Waals surface area contributed by atoms with E-state index in [1.807, 2.05) is 13.0 Å². The van der Waals surface area contributed by atoms with E-state index in [9.17, 15) is 4.79 Å². The van der Waals surface area contributed by atoms with Crippen molar-refractivity contribution in [3.63, 3.8) is 0 Å². The summed E-state index contributed by atoms with van der Waals surface area (Å²) in [6, 6.07) is 5.36. The fourth-order valence-corrected chi connectivity index (χ4v) is 2.44. The lowest BCUT2D eigenvalue weighted by Gasteiger charge is -2.11. The van der Waals surface area contributed by atoms with Crippen LogP contribution in [0.5, 0.6) is 0 Å². The molecule has 0 aliphatic heterocycles. The quantitative estimate of drug-likeness (QED) is 0.551. The number of rotatable bonds is 6. The first-order valence-electron chi connectivity index (χ1n) is 7.30. The Morgan fingerprint density at radius 2 is 2.25 bits per heavy atom. The predicted molar refractivity (Wildman–Crippen MR) is 83.9 cm³/mol. The first-order valence-corrected chi connectivity index (χ1v) is 7.30. The smallest absolute Gasteiger partial charge is 0.251 e. The highest BCUT2D eigenvalue weighted by atomic mass is 16.1. The van der Waals surface area contributed by atoms with E-state index in [1.165, 1.54) is 24.8 Å². The fraction of sp³-hybridized carbons (Fsp3) is 0.438. The molecule has 20 heavy (non-hydrogen) atoms. The Labute approximate surface area is 120 Å². The molecule has 0 heterocycles. The van der Waals surface area contributed by atoms with Crippen molar-refractivity contribution in [1.29, 1.82) is 0 Å². The van der Waals surface area contributed by atoms with Crippen molar-refractivity contribution in [1.82, 2.24) is 5.32 Å². The first-order chi connectivity index (χ1) is 9.70. The molecule has 108 valence electrons. The van der Waals surface area contributed by atoms with Crippen LogP contribution in [0.3, 0.4) is 0 Å². The van der Waals surface area contributed by atoms with Crippen molar-refractivity contribution in [2.45, 2.75) is 32.6 Å². The summed E-state index contributed by atoms with van der Waals surface area (Å²) in [7, 11) is 0. The number of anilines is 2. The van der Waals surface area contributed by atoms with Gasteiger partial charge in [-0.25, -0.2) is 0 Å². The molecule has 0 aromatic heterocycles. The van der Waals surface area contributed by atoms with Gasteiger partial charge >= 0.3 is 0 Å².